The Morgan fingerprint density at radius 2 is 2.26 bits per heavy atom. The van der Waals surface area contributed by atoms with Gasteiger partial charge in [-0.15, -0.1) is 11.3 Å². The summed E-state index contributed by atoms with van der Waals surface area (Å²) in [6, 6.07) is 3.94. The van der Waals surface area contributed by atoms with E-state index in [0.29, 0.717) is 0 Å². The van der Waals surface area contributed by atoms with Crippen LogP contribution in [0.3, 0.4) is 0 Å². The van der Waals surface area contributed by atoms with Gasteiger partial charge in [0.1, 0.15) is 11.0 Å². The second-order valence-electron chi connectivity index (χ2n) is 4.13. The molecular formula is C13H17N3O2S. The first-order valence-corrected chi connectivity index (χ1v) is 7.11. The summed E-state index contributed by atoms with van der Waals surface area (Å²) in [5.41, 5.74) is 1.15. The van der Waals surface area contributed by atoms with Crippen molar-refractivity contribution in [3.8, 4) is 0 Å². The Hall–Kier alpha value is -1.66. The molecule has 0 amide bonds. The molecule has 2 aromatic heterocycles. The van der Waals surface area contributed by atoms with Gasteiger partial charge in [-0.1, -0.05) is 13.8 Å². The van der Waals surface area contributed by atoms with Crippen LogP contribution in [0.2, 0.25) is 0 Å². The Balaban J connectivity index is 2.39. The number of thiazole rings is 1. The summed E-state index contributed by atoms with van der Waals surface area (Å²) < 4.78 is 0. The summed E-state index contributed by atoms with van der Waals surface area (Å²) in [6.07, 6.45) is 1.87. The van der Waals surface area contributed by atoms with Gasteiger partial charge in [0.25, 0.3) is 0 Å². The first-order chi connectivity index (χ1) is 9.17. The highest BCUT2D eigenvalue weighted by molar-refractivity contribution is 7.09. The molecule has 2 heterocycles. The minimum atomic E-state index is -0.979. The Morgan fingerprint density at radius 3 is 2.74 bits per heavy atom. The number of carbonyl (C=O) groups is 1. The molecular weight excluding hydrogens is 262 g/mol. The van der Waals surface area contributed by atoms with Gasteiger partial charge in [-0.05, 0) is 25.2 Å². The molecule has 5 nitrogen and oxygen atoms in total. The van der Waals surface area contributed by atoms with Crippen LogP contribution in [0.25, 0.3) is 0 Å². The smallest absolute Gasteiger partial charge is 0.355 e. The SMILES string of the molecule is CCN(CC)C(c1ccc[nH]1)c1nc(C(=O)O)cs1. The van der Waals surface area contributed by atoms with Gasteiger partial charge in [0, 0.05) is 17.3 Å². The molecule has 0 bridgehead atoms. The van der Waals surface area contributed by atoms with Crippen molar-refractivity contribution in [3.05, 3.63) is 40.1 Å². The van der Waals surface area contributed by atoms with Crippen LogP contribution in [0, 0.1) is 0 Å². The maximum atomic E-state index is 11.0. The van der Waals surface area contributed by atoms with Gasteiger partial charge < -0.3 is 10.1 Å². The maximum absolute atomic E-state index is 11.0. The predicted octanol–water partition coefficient (Wildman–Crippen LogP) is 2.60. The molecule has 0 spiro atoms. The fourth-order valence-electron chi connectivity index (χ4n) is 2.10. The molecule has 0 aromatic carbocycles. The maximum Gasteiger partial charge on any atom is 0.355 e. The number of nitrogens with one attached hydrogen (secondary N) is 1. The van der Waals surface area contributed by atoms with Crippen molar-refractivity contribution in [1.82, 2.24) is 14.9 Å². The molecule has 0 saturated heterocycles. The van der Waals surface area contributed by atoms with E-state index in [2.05, 4.69) is 28.7 Å². The minimum absolute atomic E-state index is 0.0110. The van der Waals surface area contributed by atoms with Crippen molar-refractivity contribution in [2.45, 2.75) is 19.9 Å². The van der Waals surface area contributed by atoms with E-state index in [-0.39, 0.29) is 11.7 Å². The summed E-state index contributed by atoms with van der Waals surface area (Å²) >= 11 is 1.39. The zero-order valence-corrected chi connectivity index (χ0v) is 11.8. The van der Waals surface area contributed by atoms with Crippen LogP contribution in [-0.2, 0) is 0 Å². The Morgan fingerprint density at radius 1 is 1.53 bits per heavy atom. The third-order valence-electron chi connectivity index (χ3n) is 3.07. The molecule has 2 aromatic rings. The van der Waals surface area contributed by atoms with Gasteiger partial charge in [0.15, 0.2) is 5.69 Å². The molecule has 6 heteroatoms. The Labute approximate surface area is 115 Å². The molecule has 1 atom stereocenters. The van der Waals surface area contributed by atoms with Crippen LogP contribution in [0.5, 0.6) is 0 Å². The Bertz CT molecular complexity index is 532. The molecule has 2 N–H and O–H groups in total. The van der Waals surface area contributed by atoms with Gasteiger partial charge in [-0.2, -0.15) is 0 Å². The summed E-state index contributed by atoms with van der Waals surface area (Å²) in [5.74, 6) is -0.979. The molecule has 19 heavy (non-hydrogen) atoms. The molecule has 0 fully saturated rings. The van der Waals surface area contributed by atoms with Crippen molar-refractivity contribution >= 4 is 17.3 Å². The number of nitrogens with zero attached hydrogens (tertiary/aromatic N) is 2. The highest BCUT2D eigenvalue weighted by Gasteiger charge is 2.25. The fraction of sp³-hybridized carbons (Fsp3) is 0.385. The third-order valence-corrected chi connectivity index (χ3v) is 3.97. The van der Waals surface area contributed by atoms with Crippen molar-refractivity contribution in [3.63, 3.8) is 0 Å². The number of rotatable bonds is 6. The van der Waals surface area contributed by atoms with Crippen molar-refractivity contribution in [2.24, 2.45) is 0 Å². The first-order valence-electron chi connectivity index (χ1n) is 6.23. The highest BCUT2D eigenvalue weighted by atomic mass is 32.1. The van der Waals surface area contributed by atoms with E-state index >= 15 is 0 Å². The summed E-state index contributed by atoms with van der Waals surface area (Å²) in [7, 11) is 0. The number of aromatic amines is 1. The molecule has 0 aliphatic carbocycles. The largest absolute Gasteiger partial charge is 0.476 e. The number of carboxylic acid groups (broad SMARTS) is 1. The molecule has 0 radical (unpaired) electrons. The lowest BCUT2D eigenvalue weighted by Crippen LogP contribution is -2.29. The molecule has 0 aliphatic rings. The van der Waals surface area contributed by atoms with Crippen LogP contribution in [0.15, 0.2) is 23.7 Å². The average molecular weight is 279 g/mol. The second-order valence-corrected chi connectivity index (χ2v) is 5.02. The lowest BCUT2D eigenvalue weighted by Gasteiger charge is -2.27. The fourth-order valence-corrected chi connectivity index (χ4v) is 3.04. The summed E-state index contributed by atoms with van der Waals surface area (Å²) in [6.45, 7) is 5.93. The van der Waals surface area contributed by atoms with Gasteiger partial charge in [-0.3, -0.25) is 4.90 Å². The van der Waals surface area contributed by atoms with Crippen LogP contribution in [0.1, 0.15) is 41.1 Å². The van der Waals surface area contributed by atoms with Gasteiger partial charge in [0.2, 0.25) is 0 Å². The third kappa shape index (κ3) is 2.85. The van der Waals surface area contributed by atoms with Crippen LogP contribution in [-0.4, -0.2) is 39.0 Å². The molecule has 1 unspecified atom stereocenters. The van der Waals surface area contributed by atoms with Crippen molar-refractivity contribution in [2.75, 3.05) is 13.1 Å². The number of carboxylic acids is 1. The van der Waals surface area contributed by atoms with Crippen LogP contribution < -0.4 is 0 Å². The van der Waals surface area contributed by atoms with E-state index in [1.165, 1.54) is 11.3 Å². The topological polar surface area (TPSA) is 69.2 Å². The zero-order valence-electron chi connectivity index (χ0n) is 11.0. The van der Waals surface area contributed by atoms with Crippen molar-refractivity contribution < 1.29 is 9.90 Å². The lowest BCUT2D eigenvalue weighted by molar-refractivity contribution is 0.0691. The van der Waals surface area contributed by atoms with Gasteiger partial charge in [0.05, 0.1) is 0 Å². The molecule has 102 valence electrons. The van der Waals surface area contributed by atoms with E-state index in [4.69, 9.17) is 5.11 Å². The predicted molar refractivity (Wildman–Crippen MR) is 74.6 cm³/mol. The number of hydrogen-bond acceptors (Lipinski definition) is 4. The highest BCUT2D eigenvalue weighted by Crippen LogP contribution is 2.29. The molecule has 0 saturated carbocycles. The summed E-state index contributed by atoms with van der Waals surface area (Å²) in [4.78, 5) is 20.6. The number of H-pyrrole nitrogens is 1. The Kier molecular flexibility index (Phi) is 4.34. The van der Waals surface area contributed by atoms with E-state index in [1.54, 1.807) is 5.38 Å². The summed E-state index contributed by atoms with van der Waals surface area (Å²) in [5, 5.41) is 11.4. The number of aromatic nitrogens is 2. The van der Waals surface area contributed by atoms with Gasteiger partial charge >= 0.3 is 5.97 Å². The first kappa shape index (κ1) is 13.8. The lowest BCUT2D eigenvalue weighted by atomic mass is 10.2. The van der Waals surface area contributed by atoms with E-state index in [1.807, 2.05) is 18.3 Å². The van der Waals surface area contributed by atoms with Crippen molar-refractivity contribution in [1.29, 1.82) is 0 Å². The molecule has 2 rings (SSSR count). The standard InChI is InChI=1S/C13H17N3O2S/c1-3-16(4-2)11(9-6-5-7-14-9)12-15-10(8-19-12)13(17)18/h5-8,11,14H,3-4H2,1-2H3,(H,17,18). The van der Waals surface area contributed by atoms with E-state index in [9.17, 15) is 4.79 Å². The van der Waals surface area contributed by atoms with Crippen LogP contribution in [0.4, 0.5) is 0 Å². The minimum Gasteiger partial charge on any atom is -0.476 e. The number of hydrogen-bond donors (Lipinski definition) is 2. The normalized spacial score (nSPS) is 12.8. The number of aromatic carboxylic acids is 1. The quantitative estimate of drug-likeness (QED) is 0.852. The van der Waals surface area contributed by atoms with Gasteiger partial charge in [-0.25, -0.2) is 9.78 Å². The second kappa shape index (κ2) is 5.99. The average Bonchev–Trinajstić information content (AvgIpc) is 3.07. The van der Waals surface area contributed by atoms with Crippen LogP contribution >= 0.6 is 11.3 Å². The molecule has 0 aliphatic heterocycles. The zero-order chi connectivity index (χ0) is 13.8. The van der Waals surface area contributed by atoms with E-state index < -0.39 is 5.97 Å². The van der Waals surface area contributed by atoms with E-state index in [0.717, 1.165) is 23.8 Å². The monoisotopic (exact) mass is 279 g/mol.